The molecule has 1 atom stereocenters. The third-order valence-corrected chi connectivity index (χ3v) is 2.79. The maximum absolute atomic E-state index is 5.84. The number of ether oxygens (including phenoxy) is 1. The smallest absolute Gasteiger partial charge is 0.120 e. The molecular weight excluding hydrogens is 220 g/mol. The average Bonchev–Trinajstić information content (AvgIpc) is 2.13. The van der Waals surface area contributed by atoms with Crippen LogP contribution in [0.15, 0.2) is 24.3 Å². The minimum absolute atomic E-state index is 0.126. The Bertz CT molecular complexity index is 362. The Hall–Kier alpha value is -0.980. The topological polar surface area (TPSA) is 9.23 Å². The van der Waals surface area contributed by atoms with Crippen molar-refractivity contribution >= 4 is 0 Å². The fourth-order valence-corrected chi connectivity index (χ4v) is 2.25. The molecule has 0 spiro atoms. The molecule has 0 aliphatic rings. The van der Waals surface area contributed by atoms with E-state index in [1.165, 1.54) is 12.0 Å². The molecule has 1 aromatic rings. The van der Waals surface area contributed by atoms with Crippen molar-refractivity contribution in [2.45, 2.75) is 66.4 Å². The van der Waals surface area contributed by atoms with E-state index in [0.717, 1.165) is 5.75 Å². The molecule has 0 amide bonds. The van der Waals surface area contributed by atoms with Crippen LogP contribution >= 0.6 is 0 Å². The molecule has 1 unspecified atom stereocenters. The lowest BCUT2D eigenvalue weighted by Gasteiger charge is -2.24. The first kappa shape index (κ1) is 15.1. The Morgan fingerprint density at radius 3 is 1.83 bits per heavy atom. The number of hydrogen-bond donors (Lipinski definition) is 0. The largest absolute Gasteiger partial charge is 0.488 e. The summed E-state index contributed by atoms with van der Waals surface area (Å²) in [5.41, 5.74) is 1.64. The molecule has 1 nitrogen and oxygen atoms in total. The Kier molecular flexibility index (Phi) is 4.47. The van der Waals surface area contributed by atoms with Crippen LogP contribution in [0, 0.1) is 5.41 Å². The third-order valence-electron chi connectivity index (χ3n) is 2.79. The second kappa shape index (κ2) is 5.34. The highest BCUT2D eigenvalue weighted by Crippen LogP contribution is 2.31. The summed E-state index contributed by atoms with van der Waals surface area (Å²) in [7, 11) is 0. The second-order valence-corrected chi connectivity index (χ2v) is 7.45. The molecule has 1 rings (SSSR count). The van der Waals surface area contributed by atoms with E-state index in [4.69, 9.17) is 4.74 Å². The van der Waals surface area contributed by atoms with Gasteiger partial charge in [-0.3, -0.25) is 0 Å². The average molecular weight is 248 g/mol. The van der Waals surface area contributed by atoms with Crippen LogP contribution in [0.5, 0.6) is 5.75 Å². The Morgan fingerprint density at radius 1 is 0.944 bits per heavy atom. The van der Waals surface area contributed by atoms with Crippen molar-refractivity contribution in [3.63, 3.8) is 0 Å². The van der Waals surface area contributed by atoms with Gasteiger partial charge < -0.3 is 4.74 Å². The molecule has 0 heterocycles. The summed E-state index contributed by atoms with van der Waals surface area (Å²) in [5, 5.41) is 0. The minimum atomic E-state index is -0.126. The molecule has 102 valence electrons. The van der Waals surface area contributed by atoms with E-state index in [2.05, 4.69) is 72.7 Å². The van der Waals surface area contributed by atoms with Gasteiger partial charge >= 0.3 is 0 Å². The van der Waals surface area contributed by atoms with Crippen molar-refractivity contribution in [3.8, 4) is 5.75 Å². The molecule has 1 aromatic carbocycles. The summed E-state index contributed by atoms with van der Waals surface area (Å²) in [5.74, 6) is 1.54. The molecule has 0 fully saturated rings. The number of hydrogen-bond acceptors (Lipinski definition) is 1. The van der Waals surface area contributed by atoms with Gasteiger partial charge in [0.05, 0.1) is 0 Å². The molecular formula is C17H28O. The quantitative estimate of drug-likeness (QED) is 0.695. The molecule has 0 aliphatic heterocycles. The normalized spacial score (nSPS) is 14.4. The van der Waals surface area contributed by atoms with Crippen LogP contribution in [0.2, 0.25) is 0 Å². The molecule has 0 bridgehead atoms. The molecule has 18 heavy (non-hydrogen) atoms. The first-order valence-electron chi connectivity index (χ1n) is 6.86. The van der Waals surface area contributed by atoms with E-state index >= 15 is 0 Å². The van der Waals surface area contributed by atoms with Gasteiger partial charge in [-0.05, 0) is 56.2 Å². The number of benzene rings is 1. The van der Waals surface area contributed by atoms with Crippen LogP contribution in [0.25, 0.3) is 0 Å². The number of rotatable bonds is 3. The Labute approximate surface area is 113 Å². The molecule has 0 N–H and O–H groups in total. The van der Waals surface area contributed by atoms with Gasteiger partial charge in [0, 0.05) is 0 Å². The lowest BCUT2D eigenvalue weighted by molar-refractivity contribution is 0.131. The highest BCUT2D eigenvalue weighted by atomic mass is 16.5. The van der Waals surface area contributed by atoms with E-state index in [9.17, 15) is 0 Å². The standard InChI is InChI=1S/C17H28O/c1-13(12-16(2,3)4)14-8-10-15(11-9-14)18-17(5,6)7/h8-11,13H,12H2,1-7H3. The minimum Gasteiger partial charge on any atom is -0.488 e. The van der Waals surface area contributed by atoms with E-state index in [1.54, 1.807) is 0 Å². The Balaban J connectivity index is 2.71. The van der Waals surface area contributed by atoms with E-state index < -0.39 is 0 Å². The van der Waals surface area contributed by atoms with Crippen molar-refractivity contribution in [2.75, 3.05) is 0 Å². The summed E-state index contributed by atoms with van der Waals surface area (Å²) < 4.78 is 5.84. The van der Waals surface area contributed by atoms with Crippen LogP contribution in [0.3, 0.4) is 0 Å². The zero-order valence-corrected chi connectivity index (χ0v) is 13.0. The first-order chi connectivity index (χ1) is 8.07. The van der Waals surface area contributed by atoms with Gasteiger partial charge in [0.15, 0.2) is 0 Å². The Morgan fingerprint density at radius 2 is 1.44 bits per heavy atom. The van der Waals surface area contributed by atoms with Crippen molar-refractivity contribution in [1.29, 1.82) is 0 Å². The third kappa shape index (κ3) is 5.57. The molecule has 0 radical (unpaired) electrons. The van der Waals surface area contributed by atoms with Crippen molar-refractivity contribution < 1.29 is 4.74 Å². The van der Waals surface area contributed by atoms with Gasteiger partial charge in [0.25, 0.3) is 0 Å². The van der Waals surface area contributed by atoms with Crippen molar-refractivity contribution in [2.24, 2.45) is 5.41 Å². The maximum Gasteiger partial charge on any atom is 0.120 e. The zero-order valence-electron chi connectivity index (χ0n) is 13.0. The predicted octanol–water partition coefficient (Wildman–Crippen LogP) is 5.40. The molecule has 1 heteroatoms. The van der Waals surface area contributed by atoms with Gasteiger partial charge in [-0.25, -0.2) is 0 Å². The van der Waals surface area contributed by atoms with Gasteiger partial charge in [0.1, 0.15) is 11.4 Å². The summed E-state index contributed by atoms with van der Waals surface area (Å²) >= 11 is 0. The fraction of sp³-hybridized carbons (Fsp3) is 0.647. The first-order valence-corrected chi connectivity index (χ1v) is 6.86. The lowest BCUT2D eigenvalue weighted by atomic mass is 9.82. The highest BCUT2D eigenvalue weighted by Gasteiger charge is 2.17. The van der Waals surface area contributed by atoms with E-state index in [-0.39, 0.29) is 5.60 Å². The lowest BCUT2D eigenvalue weighted by Crippen LogP contribution is -2.22. The van der Waals surface area contributed by atoms with Gasteiger partial charge in [-0.2, -0.15) is 0 Å². The SMILES string of the molecule is CC(CC(C)(C)C)c1ccc(OC(C)(C)C)cc1. The van der Waals surface area contributed by atoms with Gasteiger partial charge in [-0.1, -0.05) is 39.8 Å². The van der Waals surface area contributed by atoms with Crippen LogP contribution in [-0.2, 0) is 0 Å². The monoisotopic (exact) mass is 248 g/mol. The maximum atomic E-state index is 5.84. The molecule has 0 aliphatic carbocycles. The van der Waals surface area contributed by atoms with Crippen molar-refractivity contribution in [3.05, 3.63) is 29.8 Å². The highest BCUT2D eigenvalue weighted by molar-refractivity contribution is 5.29. The summed E-state index contributed by atoms with van der Waals surface area (Å²) in [6.45, 7) is 15.4. The van der Waals surface area contributed by atoms with Crippen molar-refractivity contribution in [1.82, 2.24) is 0 Å². The van der Waals surface area contributed by atoms with E-state index in [0.29, 0.717) is 11.3 Å². The van der Waals surface area contributed by atoms with Gasteiger partial charge in [-0.15, -0.1) is 0 Å². The van der Waals surface area contributed by atoms with Gasteiger partial charge in [0.2, 0.25) is 0 Å². The van der Waals surface area contributed by atoms with Crippen LogP contribution < -0.4 is 4.74 Å². The van der Waals surface area contributed by atoms with Crippen LogP contribution in [0.1, 0.15) is 66.4 Å². The molecule has 0 saturated carbocycles. The molecule has 0 saturated heterocycles. The second-order valence-electron chi connectivity index (χ2n) is 7.45. The zero-order chi connectivity index (χ0) is 14.0. The van der Waals surface area contributed by atoms with Crippen LogP contribution in [0.4, 0.5) is 0 Å². The summed E-state index contributed by atoms with van der Waals surface area (Å²) in [6, 6.07) is 8.55. The summed E-state index contributed by atoms with van der Waals surface area (Å²) in [6.07, 6.45) is 1.20. The van der Waals surface area contributed by atoms with E-state index in [1.807, 2.05) is 0 Å². The fourth-order valence-electron chi connectivity index (χ4n) is 2.25. The predicted molar refractivity (Wildman–Crippen MR) is 79.3 cm³/mol. The van der Waals surface area contributed by atoms with Crippen LogP contribution in [-0.4, -0.2) is 5.60 Å². The summed E-state index contributed by atoms with van der Waals surface area (Å²) in [4.78, 5) is 0. The molecule has 0 aromatic heterocycles.